The van der Waals surface area contributed by atoms with Gasteiger partial charge in [-0.2, -0.15) is 0 Å². The van der Waals surface area contributed by atoms with E-state index in [2.05, 4.69) is 10.9 Å². The third-order valence-electron chi connectivity index (χ3n) is 8.23. The molecule has 4 fully saturated rings. The average Bonchev–Trinajstić information content (AvgIpc) is 2.91. The maximum atomic E-state index is 14.7. The SMILES string of the molecule is O=C1NNC(Cc2ccc(F)c(C(=O)N3CCN(C(=O)N4CCCCC4)CC3)c2)C2CCCCC12. The minimum absolute atomic E-state index is 0.0282. The maximum Gasteiger partial charge on any atom is 0.320 e. The molecule has 0 aromatic heterocycles. The fraction of sp³-hybridized carbons (Fsp3) is 0.654. The third kappa shape index (κ3) is 5.15. The zero-order valence-electron chi connectivity index (χ0n) is 20.3. The number of amides is 4. The molecule has 3 saturated heterocycles. The summed E-state index contributed by atoms with van der Waals surface area (Å²) in [5.41, 5.74) is 6.93. The van der Waals surface area contributed by atoms with E-state index in [1.165, 1.54) is 12.5 Å². The van der Waals surface area contributed by atoms with Crippen LogP contribution in [0.15, 0.2) is 18.2 Å². The van der Waals surface area contributed by atoms with Gasteiger partial charge in [-0.1, -0.05) is 18.9 Å². The first-order valence-corrected chi connectivity index (χ1v) is 13.2. The predicted molar refractivity (Wildman–Crippen MR) is 129 cm³/mol. The molecule has 8 nitrogen and oxygen atoms in total. The van der Waals surface area contributed by atoms with Crippen molar-refractivity contribution < 1.29 is 18.8 Å². The second kappa shape index (κ2) is 10.5. The van der Waals surface area contributed by atoms with Gasteiger partial charge < -0.3 is 14.7 Å². The number of benzene rings is 1. The van der Waals surface area contributed by atoms with Crippen LogP contribution in [-0.2, 0) is 11.2 Å². The largest absolute Gasteiger partial charge is 0.335 e. The van der Waals surface area contributed by atoms with Crippen molar-refractivity contribution in [1.29, 1.82) is 0 Å². The van der Waals surface area contributed by atoms with Crippen molar-refractivity contribution in [2.45, 2.75) is 57.4 Å². The van der Waals surface area contributed by atoms with Crippen LogP contribution < -0.4 is 10.9 Å². The Labute approximate surface area is 206 Å². The van der Waals surface area contributed by atoms with Crippen LogP contribution >= 0.6 is 0 Å². The second-order valence-electron chi connectivity index (χ2n) is 10.4. The molecule has 3 heterocycles. The molecule has 1 saturated carbocycles. The molecular formula is C26H36FN5O3. The monoisotopic (exact) mass is 485 g/mol. The number of hydrogen-bond donors (Lipinski definition) is 2. The highest BCUT2D eigenvalue weighted by atomic mass is 19.1. The lowest BCUT2D eigenvalue weighted by atomic mass is 9.72. The number of piperidine rings is 1. The van der Waals surface area contributed by atoms with E-state index in [0.29, 0.717) is 32.6 Å². The topological polar surface area (TPSA) is 85.0 Å². The molecule has 190 valence electrons. The minimum Gasteiger partial charge on any atom is -0.335 e. The molecule has 0 bridgehead atoms. The van der Waals surface area contributed by atoms with Crippen molar-refractivity contribution in [2.24, 2.45) is 11.8 Å². The Morgan fingerprint density at radius 2 is 1.57 bits per heavy atom. The summed E-state index contributed by atoms with van der Waals surface area (Å²) in [7, 11) is 0. The van der Waals surface area contributed by atoms with Gasteiger partial charge in [0.2, 0.25) is 5.91 Å². The molecule has 4 aliphatic rings. The number of nitrogens with one attached hydrogen (secondary N) is 2. The number of nitrogens with zero attached hydrogens (tertiary/aromatic N) is 3. The van der Waals surface area contributed by atoms with E-state index in [1.54, 1.807) is 17.0 Å². The van der Waals surface area contributed by atoms with E-state index < -0.39 is 5.82 Å². The number of hydrazine groups is 1. The van der Waals surface area contributed by atoms with Gasteiger partial charge in [-0.05, 0) is 62.1 Å². The van der Waals surface area contributed by atoms with E-state index >= 15 is 0 Å². The van der Waals surface area contributed by atoms with E-state index in [-0.39, 0.29) is 41.3 Å². The minimum atomic E-state index is -0.522. The summed E-state index contributed by atoms with van der Waals surface area (Å²) in [5.74, 6) is -0.493. The van der Waals surface area contributed by atoms with E-state index in [4.69, 9.17) is 0 Å². The zero-order valence-corrected chi connectivity index (χ0v) is 20.3. The highest BCUT2D eigenvalue weighted by Crippen LogP contribution is 2.35. The van der Waals surface area contributed by atoms with Crippen LogP contribution in [-0.4, -0.2) is 77.9 Å². The highest BCUT2D eigenvalue weighted by Gasteiger charge is 2.40. The summed E-state index contributed by atoms with van der Waals surface area (Å²) in [6.07, 6.45) is 7.99. The second-order valence-corrected chi connectivity index (χ2v) is 10.4. The average molecular weight is 486 g/mol. The summed E-state index contributed by atoms with van der Waals surface area (Å²) in [6.45, 7) is 3.35. The van der Waals surface area contributed by atoms with Crippen molar-refractivity contribution in [3.8, 4) is 0 Å². The fourth-order valence-electron chi connectivity index (χ4n) is 6.21. The van der Waals surface area contributed by atoms with Gasteiger partial charge >= 0.3 is 6.03 Å². The van der Waals surface area contributed by atoms with Crippen LogP contribution in [0.5, 0.6) is 0 Å². The number of carbonyl (C=O) groups excluding carboxylic acids is 3. The number of fused-ring (bicyclic) bond motifs is 1. The number of rotatable bonds is 3. The number of piperazine rings is 1. The molecule has 2 N–H and O–H groups in total. The number of urea groups is 1. The van der Waals surface area contributed by atoms with Crippen LogP contribution in [0.25, 0.3) is 0 Å². The Kier molecular flexibility index (Phi) is 7.22. The first-order valence-electron chi connectivity index (χ1n) is 13.2. The lowest BCUT2D eigenvalue weighted by molar-refractivity contribution is -0.133. The number of likely N-dealkylation sites (tertiary alicyclic amines) is 1. The fourth-order valence-corrected chi connectivity index (χ4v) is 6.21. The molecule has 0 radical (unpaired) electrons. The molecule has 3 aliphatic heterocycles. The zero-order chi connectivity index (χ0) is 24.4. The van der Waals surface area contributed by atoms with Gasteiger partial charge in [-0.25, -0.2) is 14.6 Å². The van der Waals surface area contributed by atoms with E-state index in [1.807, 2.05) is 9.80 Å². The molecular weight excluding hydrogens is 449 g/mol. The van der Waals surface area contributed by atoms with Crippen molar-refractivity contribution in [3.05, 3.63) is 35.1 Å². The van der Waals surface area contributed by atoms with Crippen LogP contribution in [0, 0.1) is 17.7 Å². The number of halogens is 1. The summed E-state index contributed by atoms with van der Waals surface area (Å²) in [6, 6.07) is 4.89. The van der Waals surface area contributed by atoms with Gasteiger partial charge in [0.25, 0.3) is 5.91 Å². The van der Waals surface area contributed by atoms with Crippen molar-refractivity contribution in [1.82, 2.24) is 25.6 Å². The molecule has 5 rings (SSSR count). The smallest absolute Gasteiger partial charge is 0.320 e. The Bertz CT molecular complexity index is 958. The van der Waals surface area contributed by atoms with E-state index in [0.717, 1.165) is 57.2 Å². The molecule has 3 unspecified atom stereocenters. The Morgan fingerprint density at radius 1 is 0.886 bits per heavy atom. The molecule has 1 aromatic rings. The summed E-state index contributed by atoms with van der Waals surface area (Å²) >= 11 is 0. The predicted octanol–water partition coefficient (Wildman–Crippen LogP) is 2.54. The van der Waals surface area contributed by atoms with Gasteiger partial charge in [-0.3, -0.25) is 15.0 Å². The lowest BCUT2D eigenvalue weighted by Gasteiger charge is -2.41. The third-order valence-corrected chi connectivity index (χ3v) is 8.23. The molecule has 4 amide bonds. The van der Waals surface area contributed by atoms with Gasteiger partial charge in [-0.15, -0.1) is 0 Å². The summed E-state index contributed by atoms with van der Waals surface area (Å²) < 4.78 is 14.7. The van der Waals surface area contributed by atoms with Gasteiger partial charge in [0.15, 0.2) is 0 Å². The lowest BCUT2D eigenvalue weighted by Crippen LogP contribution is -2.60. The van der Waals surface area contributed by atoms with Crippen LogP contribution in [0.2, 0.25) is 0 Å². The Hall–Kier alpha value is -2.68. The number of hydrogen-bond acceptors (Lipinski definition) is 4. The van der Waals surface area contributed by atoms with Crippen LogP contribution in [0.4, 0.5) is 9.18 Å². The normalized spacial score (nSPS) is 27.3. The van der Waals surface area contributed by atoms with Gasteiger partial charge in [0, 0.05) is 51.2 Å². The molecule has 1 aliphatic carbocycles. The standard InChI is InChI=1S/C26H36FN5O3/c27-22-9-8-18(17-23-19-6-2-3-7-20(19)24(33)29-28-23)16-21(22)25(34)30-12-14-32(15-13-30)26(35)31-10-4-1-5-11-31/h8-9,16,19-20,23,28H,1-7,10-15,17H2,(H,29,33). The van der Waals surface area contributed by atoms with Crippen molar-refractivity contribution in [3.63, 3.8) is 0 Å². The summed E-state index contributed by atoms with van der Waals surface area (Å²) in [4.78, 5) is 43.6. The van der Waals surface area contributed by atoms with Gasteiger partial charge in [0.1, 0.15) is 5.82 Å². The Balaban J connectivity index is 1.21. The highest BCUT2D eigenvalue weighted by molar-refractivity contribution is 5.95. The van der Waals surface area contributed by atoms with Crippen LogP contribution in [0.3, 0.4) is 0 Å². The van der Waals surface area contributed by atoms with E-state index in [9.17, 15) is 18.8 Å². The van der Waals surface area contributed by atoms with Crippen molar-refractivity contribution >= 4 is 17.8 Å². The quantitative estimate of drug-likeness (QED) is 0.689. The summed E-state index contributed by atoms with van der Waals surface area (Å²) in [5, 5.41) is 0. The first-order chi connectivity index (χ1) is 17.0. The van der Waals surface area contributed by atoms with Gasteiger partial charge in [0.05, 0.1) is 5.56 Å². The number of carbonyl (C=O) groups is 3. The van der Waals surface area contributed by atoms with Crippen molar-refractivity contribution in [2.75, 3.05) is 39.3 Å². The molecule has 35 heavy (non-hydrogen) atoms. The molecule has 9 heteroatoms. The Morgan fingerprint density at radius 3 is 2.34 bits per heavy atom. The molecule has 1 aromatic carbocycles. The molecule has 0 spiro atoms. The molecule has 3 atom stereocenters. The van der Waals surface area contributed by atoms with Crippen LogP contribution in [0.1, 0.15) is 60.9 Å². The first kappa shape index (κ1) is 24.0. The maximum absolute atomic E-state index is 14.7.